The van der Waals surface area contributed by atoms with Crippen LogP contribution in [0.3, 0.4) is 0 Å². The Hall–Kier alpha value is -1.20. The Morgan fingerprint density at radius 2 is 2.33 bits per heavy atom. The Bertz CT molecular complexity index is 408. The lowest BCUT2D eigenvalue weighted by Crippen LogP contribution is -2.51. The predicted octanol–water partition coefficient (Wildman–Crippen LogP) is 0.742. The van der Waals surface area contributed by atoms with Crippen LogP contribution in [0.4, 0.5) is 5.82 Å². The minimum Gasteiger partial charge on any atom is -0.377 e. The Kier molecular flexibility index (Phi) is 3.43. The molecule has 1 aliphatic carbocycles. The van der Waals surface area contributed by atoms with Gasteiger partial charge in [0.15, 0.2) is 0 Å². The highest BCUT2D eigenvalue weighted by molar-refractivity contribution is 5.40. The molecular formula is C13H20N4O. The van der Waals surface area contributed by atoms with Crippen molar-refractivity contribution in [3.05, 3.63) is 18.1 Å². The highest BCUT2D eigenvalue weighted by atomic mass is 16.5. The van der Waals surface area contributed by atoms with Crippen molar-refractivity contribution in [1.29, 1.82) is 0 Å². The zero-order valence-corrected chi connectivity index (χ0v) is 10.8. The SMILES string of the molecule is Cc1cc(N2CCOCC2CNC2CC2)ncn1. The number of aromatic nitrogens is 2. The molecule has 2 fully saturated rings. The first-order valence-electron chi connectivity index (χ1n) is 6.69. The Balaban J connectivity index is 1.69. The second kappa shape index (κ2) is 5.20. The molecule has 98 valence electrons. The number of morpholine rings is 1. The molecule has 5 nitrogen and oxygen atoms in total. The molecule has 1 atom stereocenters. The summed E-state index contributed by atoms with van der Waals surface area (Å²) in [7, 11) is 0. The fraction of sp³-hybridized carbons (Fsp3) is 0.692. The third-order valence-electron chi connectivity index (χ3n) is 3.53. The molecule has 3 rings (SSSR count). The van der Waals surface area contributed by atoms with Crippen molar-refractivity contribution in [2.45, 2.75) is 31.8 Å². The van der Waals surface area contributed by atoms with Crippen LogP contribution >= 0.6 is 0 Å². The maximum absolute atomic E-state index is 5.59. The quantitative estimate of drug-likeness (QED) is 0.852. The van der Waals surface area contributed by atoms with Crippen LogP contribution in [0.1, 0.15) is 18.5 Å². The molecular weight excluding hydrogens is 228 g/mol. The second-order valence-electron chi connectivity index (χ2n) is 5.12. The van der Waals surface area contributed by atoms with Gasteiger partial charge in [-0.05, 0) is 19.8 Å². The van der Waals surface area contributed by atoms with Crippen LogP contribution in [0.5, 0.6) is 0 Å². The van der Waals surface area contributed by atoms with Crippen LogP contribution in [0, 0.1) is 6.92 Å². The van der Waals surface area contributed by atoms with Crippen molar-refractivity contribution < 1.29 is 4.74 Å². The van der Waals surface area contributed by atoms with Crippen molar-refractivity contribution in [2.24, 2.45) is 0 Å². The molecule has 1 aromatic heterocycles. The van der Waals surface area contributed by atoms with E-state index in [1.165, 1.54) is 12.8 Å². The van der Waals surface area contributed by atoms with Gasteiger partial charge in [0.25, 0.3) is 0 Å². The minimum absolute atomic E-state index is 0.383. The maximum atomic E-state index is 5.59. The summed E-state index contributed by atoms with van der Waals surface area (Å²) < 4.78 is 5.59. The summed E-state index contributed by atoms with van der Waals surface area (Å²) in [6.07, 6.45) is 4.28. The van der Waals surface area contributed by atoms with Crippen molar-refractivity contribution in [2.75, 3.05) is 31.2 Å². The average Bonchev–Trinajstić information content (AvgIpc) is 3.21. The van der Waals surface area contributed by atoms with Gasteiger partial charge in [-0.25, -0.2) is 9.97 Å². The molecule has 0 radical (unpaired) electrons. The van der Waals surface area contributed by atoms with Crippen molar-refractivity contribution >= 4 is 5.82 Å². The zero-order chi connectivity index (χ0) is 12.4. The minimum atomic E-state index is 0.383. The number of rotatable bonds is 4. The van der Waals surface area contributed by atoms with Crippen LogP contribution < -0.4 is 10.2 Å². The van der Waals surface area contributed by atoms with Gasteiger partial charge < -0.3 is 15.0 Å². The number of hydrogen-bond donors (Lipinski definition) is 1. The van der Waals surface area contributed by atoms with Crippen LogP contribution in [0.25, 0.3) is 0 Å². The van der Waals surface area contributed by atoms with Crippen LogP contribution in [-0.2, 0) is 4.74 Å². The predicted molar refractivity (Wildman–Crippen MR) is 69.7 cm³/mol. The Morgan fingerprint density at radius 3 is 3.11 bits per heavy atom. The van der Waals surface area contributed by atoms with E-state index in [9.17, 15) is 0 Å². The average molecular weight is 248 g/mol. The summed E-state index contributed by atoms with van der Waals surface area (Å²) in [6, 6.07) is 3.17. The normalized spacial score (nSPS) is 24.3. The topological polar surface area (TPSA) is 50.3 Å². The lowest BCUT2D eigenvalue weighted by Gasteiger charge is -2.36. The van der Waals surface area contributed by atoms with E-state index < -0.39 is 0 Å². The Labute approximate surface area is 108 Å². The van der Waals surface area contributed by atoms with Crippen molar-refractivity contribution in [3.63, 3.8) is 0 Å². The van der Waals surface area contributed by atoms with Gasteiger partial charge in [0.1, 0.15) is 12.1 Å². The van der Waals surface area contributed by atoms with Crippen molar-refractivity contribution in [3.8, 4) is 0 Å². The summed E-state index contributed by atoms with van der Waals surface area (Å²) in [5, 5.41) is 3.58. The molecule has 0 bridgehead atoms. The molecule has 0 aromatic carbocycles. The fourth-order valence-corrected chi connectivity index (χ4v) is 2.31. The fourth-order valence-electron chi connectivity index (χ4n) is 2.31. The van der Waals surface area contributed by atoms with Gasteiger partial charge in [0, 0.05) is 30.9 Å². The van der Waals surface area contributed by atoms with Gasteiger partial charge in [-0.3, -0.25) is 0 Å². The summed E-state index contributed by atoms with van der Waals surface area (Å²) in [5.74, 6) is 1.02. The summed E-state index contributed by atoms with van der Waals surface area (Å²) in [6.45, 7) is 5.45. The van der Waals surface area contributed by atoms with Crippen molar-refractivity contribution in [1.82, 2.24) is 15.3 Å². The first kappa shape index (κ1) is 11.9. The van der Waals surface area contributed by atoms with Crippen LogP contribution in [-0.4, -0.2) is 48.4 Å². The number of hydrogen-bond acceptors (Lipinski definition) is 5. The molecule has 1 N–H and O–H groups in total. The van der Waals surface area contributed by atoms with Gasteiger partial charge in [-0.15, -0.1) is 0 Å². The molecule has 1 unspecified atom stereocenters. The lowest BCUT2D eigenvalue weighted by atomic mass is 10.2. The van der Waals surface area contributed by atoms with Gasteiger partial charge >= 0.3 is 0 Å². The van der Waals surface area contributed by atoms with Crippen LogP contribution in [0.15, 0.2) is 12.4 Å². The monoisotopic (exact) mass is 248 g/mol. The number of nitrogens with zero attached hydrogens (tertiary/aromatic N) is 3. The molecule has 2 heterocycles. The largest absolute Gasteiger partial charge is 0.377 e. The van der Waals surface area contributed by atoms with Crippen LogP contribution in [0.2, 0.25) is 0 Å². The van der Waals surface area contributed by atoms with E-state index in [0.717, 1.165) is 43.9 Å². The standard InChI is InChI=1S/C13H20N4O/c1-10-6-13(16-9-15-10)17-4-5-18-8-12(17)7-14-11-2-3-11/h6,9,11-12,14H,2-5,7-8H2,1H3. The molecule has 0 amide bonds. The molecule has 1 saturated heterocycles. The smallest absolute Gasteiger partial charge is 0.132 e. The zero-order valence-electron chi connectivity index (χ0n) is 10.8. The molecule has 1 saturated carbocycles. The summed E-state index contributed by atoms with van der Waals surface area (Å²) in [4.78, 5) is 10.9. The lowest BCUT2D eigenvalue weighted by molar-refractivity contribution is 0.0932. The third-order valence-corrected chi connectivity index (χ3v) is 3.53. The first-order valence-corrected chi connectivity index (χ1v) is 6.69. The van der Waals surface area contributed by atoms with Gasteiger partial charge in [0.2, 0.25) is 0 Å². The molecule has 1 aliphatic heterocycles. The number of aryl methyl sites for hydroxylation is 1. The van der Waals surface area contributed by atoms with E-state index in [-0.39, 0.29) is 0 Å². The van der Waals surface area contributed by atoms with E-state index in [1.54, 1.807) is 6.33 Å². The third kappa shape index (κ3) is 2.79. The van der Waals surface area contributed by atoms with E-state index in [2.05, 4.69) is 26.3 Å². The number of anilines is 1. The molecule has 2 aliphatic rings. The summed E-state index contributed by atoms with van der Waals surface area (Å²) >= 11 is 0. The molecule has 1 aromatic rings. The molecule has 0 spiro atoms. The summed E-state index contributed by atoms with van der Waals surface area (Å²) in [5.41, 5.74) is 1.01. The van der Waals surface area contributed by atoms with Gasteiger partial charge in [-0.1, -0.05) is 0 Å². The van der Waals surface area contributed by atoms with E-state index >= 15 is 0 Å². The number of nitrogens with one attached hydrogen (secondary N) is 1. The van der Waals surface area contributed by atoms with E-state index in [0.29, 0.717) is 6.04 Å². The highest BCUT2D eigenvalue weighted by Crippen LogP contribution is 2.21. The van der Waals surface area contributed by atoms with Gasteiger partial charge in [-0.2, -0.15) is 0 Å². The molecule has 18 heavy (non-hydrogen) atoms. The molecule has 5 heteroatoms. The maximum Gasteiger partial charge on any atom is 0.132 e. The van der Waals surface area contributed by atoms with Gasteiger partial charge in [0.05, 0.1) is 19.3 Å². The van der Waals surface area contributed by atoms with E-state index in [1.807, 2.05) is 6.92 Å². The highest BCUT2D eigenvalue weighted by Gasteiger charge is 2.27. The van der Waals surface area contributed by atoms with E-state index in [4.69, 9.17) is 4.74 Å². The first-order chi connectivity index (χ1) is 8.83. The second-order valence-corrected chi connectivity index (χ2v) is 5.12. The Morgan fingerprint density at radius 1 is 1.44 bits per heavy atom. The number of ether oxygens (including phenoxy) is 1.